The first-order valence-corrected chi connectivity index (χ1v) is 7.30. The monoisotopic (exact) mass is 238 g/mol. The van der Waals surface area contributed by atoms with Crippen LogP contribution in [0.3, 0.4) is 0 Å². The van der Waals surface area contributed by atoms with E-state index in [1.54, 1.807) is 0 Å². The molecule has 0 aromatic rings. The van der Waals surface area contributed by atoms with E-state index in [-0.39, 0.29) is 0 Å². The third kappa shape index (κ3) is 3.44. The van der Waals surface area contributed by atoms with Crippen molar-refractivity contribution < 1.29 is 4.79 Å². The van der Waals surface area contributed by atoms with Crippen molar-refractivity contribution in [2.75, 3.05) is 19.6 Å². The van der Waals surface area contributed by atoms with E-state index >= 15 is 0 Å². The third-order valence-electron chi connectivity index (χ3n) is 4.37. The van der Waals surface area contributed by atoms with Crippen molar-refractivity contribution in [1.29, 1.82) is 0 Å². The van der Waals surface area contributed by atoms with Crippen LogP contribution in [0.1, 0.15) is 51.4 Å². The summed E-state index contributed by atoms with van der Waals surface area (Å²) in [5.41, 5.74) is 5.73. The van der Waals surface area contributed by atoms with Crippen LogP contribution in [0, 0.1) is 11.8 Å². The maximum Gasteiger partial charge on any atom is 0.225 e. The van der Waals surface area contributed by atoms with Crippen LogP contribution >= 0.6 is 0 Å². The topological polar surface area (TPSA) is 46.3 Å². The molecule has 2 rings (SSSR count). The molecule has 0 aromatic heterocycles. The zero-order chi connectivity index (χ0) is 12.1. The summed E-state index contributed by atoms with van der Waals surface area (Å²) < 4.78 is 0. The van der Waals surface area contributed by atoms with E-state index in [4.69, 9.17) is 5.73 Å². The molecular weight excluding hydrogens is 212 g/mol. The van der Waals surface area contributed by atoms with Crippen LogP contribution in [-0.4, -0.2) is 30.4 Å². The Labute approximate surface area is 105 Å². The summed E-state index contributed by atoms with van der Waals surface area (Å²) in [6.07, 6.45) is 9.68. The van der Waals surface area contributed by atoms with Gasteiger partial charge in [-0.2, -0.15) is 0 Å². The standard InChI is InChI=1S/C14H26N2O/c15-10-12-6-5-9-16(11-12)14(17)13-7-3-1-2-4-8-13/h12-13H,1-11,15H2. The molecule has 0 spiro atoms. The summed E-state index contributed by atoms with van der Waals surface area (Å²) in [6.45, 7) is 2.60. The summed E-state index contributed by atoms with van der Waals surface area (Å²) in [7, 11) is 0. The molecule has 17 heavy (non-hydrogen) atoms. The molecule has 1 atom stereocenters. The summed E-state index contributed by atoms with van der Waals surface area (Å²) in [4.78, 5) is 14.5. The molecule has 3 heteroatoms. The van der Waals surface area contributed by atoms with Gasteiger partial charge >= 0.3 is 0 Å². The molecule has 2 fully saturated rings. The van der Waals surface area contributed by atoms with Gasteiger partial charge in [0.2, 0.25) is 5.91 Å². The summed E-state index contributed by atoms with van der Waals surface area (Å²) >= 11 is 0. The van der Waals surface area contributed by atoms with Gasteiger partial charge in [-0.15, -0.1) is 0 Å². The number of carbonyl (C=O) groups excluding carboxylic acids is 1. The molecule has 0 radical (unpaired) electrons. The zero-order valence-electron chi connectivity index (χ0n) is 10.9. The predicted molar refractivity (Wildman–Crippen MR) is 69.6 cm³/mol. The summed E-state index contributed by atoms with van der Waals surface area (Å²) in [5.74, 6) is 1.28. The molecule has 1 heterocycles. The Bertz CT molecular complexity index is 247. The van der Waals surface area contributed by atoms with E-state index in [1.165, 1.54) is 32.1 Å². The minimum absolute atomic E-state index is 0.314. The van der Waals surface area contributed by atoms with Gasteiger partial charge in [-0.05, 0) is 38.1 Å². The molecule has 1 unspecified atom stereocenters. The van der Waals surface area contributed by atoms with E-state index in [2.05, 4.69) is 4.90 Å². The Morgan fingerprint density at radius 3 is 2.41 bits per heavy atom. The van der Waals surface area contributed by atoms with Gasteiger partial charge in [0.05, 0.1) is 0 Å². The van der Waals surface area contributed by atoms with Crippen molar-refractivity contribution in [3.63, 3.8) is 0 Å². The van der Waals surface area contributed by atoms with Crippen molar-refractivity contribution in [1.82, 2.24) is 4.90 Å². The molecule has 98 valence electrons. The van der Waals surface area contributed by atoms with Crippen molar-refractivity contribution in [2.45, 2.75) is 51.4 Å². The molecular formula is C14H26N2O. The Kier molecular flexibility index (Phi) is 4.84. The van der Waals surface area contributed by atoms with Gasteiger partial charge in [-0.25, -0.2) is 0 Å². The first-order valence-electron chi connectivity index (χ1n) is 7.30. The van der Waals surface area contributed by atoms with Gasteiger partial charge < -0.3 is 10.6 Å². The van der Waals surface area contributed by atoms with Gasteiger partial charge in [0.1, 0.15) is 0 Å². The van der Waals surface area contributed by atoms with Crippen molar-refractivity contribution in [2.24, 2.45) is 17.6 Å². The summed E-state index contributed by atoms with van der Waals surface area (Å²) in [5, 5.41) is 0. The van der Waals surface area contributed by atoms with Gasteiger partial charge in [0, 0.05) is 19.0 Å². The van der Waals surface area contributed by atoms with E-state index in [0.717, 1.165) is 38.9 Å². The molecule has 0 bridgehead atoms. The number of carbonyl (C=O) groups is 1. The summed E-state index contributed by atoms with van der Waals surface area (Å²) in [6, 6.07) is 0. The van der Waals surface area contributed by atoms with Crippen LogP contribution in [-0.2, 0) is 4.79 Å². The maximum absolute atomic E-state index is 12.5. The average molecular weight is 238 g/mol. The number of nitrogens with zero attached hydrogens (tertiary/aromatic N) is 1. The van der Waals surface area contributed by atoms with Crippen LogP contribution in [0.2, 0.25) is 0 Å². The van der Waals surface area contributed by atoms with Gasteiger partial charge in [0.15, 0.2) is 0 Å². The number of piperidine rings is 1. The molecule has 2 aliphatic rings. The molecule has 1 saturated carbocycles. The highest BCUT2D eigenvalue weighted by atomic mass is 16.2. The largest absolute Gasteiger partial charge is 0.342 e. The second-order valence-corrected chi connectivity index (χ2v) is 5.72. The second kappa shape index (κ2) is 6.39. The van der Waals surface area contributed by atoms with Crippen LogP contribution < -0.4 is 5.73 Å². The van der Waals surface area contributed by atoms with Crippen molar-refractivity contribution in [3.8, 4) is 0 Å². The van der Waals surface area contributed by atoms with E-state index in [9.17, 15) is 4.79 Å². The SMILES string of the molecule is NCC1CCCN(C(=O)C2CCCCCC2)C1. The van der Waals surface area contributed by atoms with Crippen LogP contribution in [0.15, 0.2) is 0 Å². The number of likely N-dealkylation sites (tertiary alicyclic amines) is 1. The van der Waals surface area contributed by atoms with Crippen LogP contribution in [0.5, 0.6) is 0 Å². The highest BCUT2D eigenvalue weighted by Gasteiger charge is 2.28. The number of rotatable bonds is 2. The fourth-order valence-corrected chi connectivity index (χ4v) is 3.24. The Balaban J connectivity index is 1.89. The third-order valence-corrected chi connectivity index (χ3v) is 4.37. The molecule has 0 aromatic carbocycles. The van der Waals surface area contributed by atoms with Gasteiger partial charge in [-0.1, -0.05) is 25.7 Å². The minimum Gasteiger partial charge on any atom is -0.342 e. The quantitative estimate of drug-likeness (QED) is 0.749. The highest BCUT2D eigenvalue weighted by Crippen LogP contribution is 2.26. The fraction of sp³-hybridized carbons (Fsp3) is 0.929. The van der Waals surface area contributed by atoms with Crippen LogP contribution in [0.25, 0.3) is 0 Å². The van der Waals surface area contributed by atoms with E-state index < -0.39 is 0 Å². The molecule has 1 amide bonds. The molecule has 1 aliphatic heterocycles. The molecule has 2 N–H and O–H groups in total. The number of hydrogen-bond acceptors (Lipinski definition) is 2. The number of hydrogen-bond donors (Lipinski definition) is 1. The highest BCUT2D eigenvalue weighted by molar-refractivity contribution is 5.79. The normalized spacial score (nSPS) is 27.8. The van der Waals surface area contributed by atoms with E-state index in [0.29, 0.717) is 17.7 Å². The Morgan fingerprint density at radius 1 is 1.06 bits per heavy atom. The number of amides is 1. The minimum atomic E-state index is 0.314. The molecule has 1 saturated heterocycles. The molecule has 3 nitrogen and oxygen atoms in total. The van der Waals surface area contributed by atoms with Crippen molar-refractivity contribution in [3.05, 3.63) is 0 Å². The van der Waals surface area contributed by atoms with E-state index in [1.807, 2.05) is 0 Å². The Morgan fingerprint density at radius 2 is 1.76 bits per heavy atom. The van der Waals surface area contributed by atoms with Crippen molar-refractivity contribution >= 4 is 5.91 Å². The lowest BCUT2D eigenvalue weighted by atomic mass is 9.94. The average Bonchev–Trinajstić information content (AvgIpc) is 2.67. The van der Waals surface area contributed by atoms with Gasteiger partial charge in [-0.3, -0.25) is 4.79 Å². The lowest BCUT2D eigenvalue weighted by molar-refractivity contribution is -0.137. The first kappa shape index (κ1) is 12.9. The predicted octanol–water partition coefficient (Wildman–Crippen LogP) is 2.15. The first-order chi connectivity index (χ1) is 8.31. The Hall–Kier alpha value is -0.570. The lowest BCUT2D eigenvalue weighted by Crippen LogP contribution is -2.44. The lowest BCUT2D eigenvalue weighted by Gasteiger charge is -2.34. The fourth-order valence-electron chi connectivity index (χ4n) is 3.24. The van der Waals surface area contributed by atoms with Crippen LogP contribution in [0.4, 0.5) is 0 Å². The zero-order valence-corrected chi connectivity index (χ0v) is 10.9. The second-order valence-electron chi connectivity index (χ2n) is 5.72. The van der Waals surface area contributed by atoms with Gasteiger partial charge in [0.25, 0.3) is 0 Å². The number of nitrogens with two attached hydrogens (primary N) is 1. The smallest absolute Gasteiger partial charge is 0.225 e. The molecule has 1 aliphatic carbocycles. The maximum atomic E-state index is 12.5.